The first-order chi connectivity index (χ1) is 9.74. The number of hydrogen-bond donors (Lipinski definition) is 0. The number of rotatable bonds is 15. The van der Waals surface area contributed by atoms with Crippen LogP contribution in [0.15, 0.2) is 0 Å². The zero-order valence-corrected chi connectivity index (χ0v) is 15.3. The average Bonchev–Trinajstić information content (AvgIpc) is 2.49. The Bertz CT molecular complexity index is 193. The van der Waals surface area contributed by atoms with Crippen LogP contribution in [0.2, 0.25) is 6.04 Å². The molecule has 0 unspecified atom stereocenters. The Balaban J connectivity index is 3.32. The summed E-state index contributed by atoms with van der Waals surface area (Å²) in [4.78, 5) is 0. The lowest BCUT2D eigenvalue weighted by molar-refractivity contribution is 0.122. The van der Waals surface area contributed by atoms with Crippen LogP contribution in [-0.4, -0.2) is 36.0 Å². The second kappa shape index (κ2) is 14.3. The minimum atomic E-state index is -2.32. The van der Waals surface area contributed by atoms with E-state index < -0.39 is 8.80 Å². The molecule has 0 spiro atoms. The van der Waals surface area contributed by atoms with E-state index in [1.165, 1.54) is 57.8 Å². The minimum absolute atomic E-state index is 0.815. The largest absolute Gasteiger partial charge is 0.500 e. The summed E-state index contributed by atoms with van der Waals surface area (Å²) in [6, 6.07) is 0.926. The molecule has 0 aliphatic carbocycles. The average molecular weight is 325 g/mol. The third kappa shape index (κ3) is 10.2. The zero-order valence-electron chi connectivity index (χ0n) is 13.6. The molecule has 0 heterocycles. The Morgan fingerprint density at radius 3 is 1.30 bits per heavy atom. The lowest BCUT2D eigenvalue weighted by Gasteiger charge is -2.24. The molecule has 0 N–H and O–H groups in total. The molecule has 0 aromatic carbocycles. The fourth-order valence-corrected chi connectivity index (χ4v) is 4.39. The van der Waals surface area contributed by atoms with Crippen molar-refractivity contribution in [3.05, 3.63) is 0 Å². The van der Waals surface area contributed by atoms with Gasteiger partial charge in [0.25, 0.3) is 0 Å². The van der Waals surface area contributed by atoms with Crippen molar-refractivity contribution in [3.63, 3.8) is 0 Å². The number of unbranched alkanes of at least 4 members (excludes halogenated alkanes) is 9. The number of halogens is 1. The first kappa shape index (κ1) is 20.4. The van der Waals surface area contributed by atoms with E-state index in [0.29, 0.717) is 0 Å². The van der Waals surface area contributed by atoms with E-state index in [4.69, 9.17) is 24.9 Å². The molecule has 0 aliphatic heterocycles. The van der Waals surface area contributed by atoms with Gasteiger partial charge < -0.3 is 13.3 Å². The van der Waals surface area contributed by atoms with Crippen LogP contribution in [0.25, 0.3) is 0 Å². The predicted octanol–water partition coefficient (Wildman–Crippen LogP) is 5.00. The van der Waals surface area contributed by atoms with Gasteiger partial charge in [-0.2, -0.15) is 0 Å². The first-order valence-electron chi connectivity index (χ1n) is 7.96. The standard InChI is InChI=1S/C15H33ClO3Si/c1-17-20(18-2,19-3)15-13-11-9-7-5-4-6-8-10-12-14-16/h4-15H2,1-3H3. The monoisotopic (exact) mass is 324 g/mol. The summed E-state index contributed by atoms with van der Waals surface area (Å²) in [6.45, 7) is 0. The summed E-state index contributed by atoms with van der Waals surface area (Å²) < 4.78 is 16.2. The molecule has 0 radical (unpaired) electrons. The van der Waals surface area contributed by atoms with Crippen LogP contribution in [0.1, 0.15) is 64.2 Å². The lowest BCUT2D eigenvalue weighted by atomic mass is 10.1. The summed E-state index contributed by atoms with van der Waals surface area (Å²) >= 11 is 5.65. The number of alkyl halides is 1. The fraction of sp³-hybridized carbons (Fsp3) is 1.00. The SMILES string of the molecule is CO[Si](CCCCCCCCCCCCCl)(OC)OC. The smallest absolute Gasteiger partial charge is 0.377 e. The summed E-state index contributed by atoms with van der Waals surface area (Å²) in [5.41, 5.74) is 0. The van der Waals surface area contributed by atoms with Crippen molar-refractivity contribution in [3.8, 4) is 0 Å². The van der Waals surface area contributed by atoms with Crippen molar-refractivity contribution >= 4 is 20.4 Å². The quantitative estimate of drug-likeness (QED) is 0.241. The fourth-order valence-electron chi connectivity index (χ4n) is 2.41. The summed E-state index contributed by atoms with van der Waals surface area (Å²) in [5, 5.41) is 0. The van der Waals surface area contributed by atoms with Crippen LogP contribution in [0.5, 0.6) is 0 Å². The third-order valence-electron chi connectivity index (χ3n) is 3.80. The highest BCUT2D eigenvalue weighted by molar-refractivity contribution is 6.60. The topological polar surface area (TPSA) is 27.7 Å². The molecule has 0 saturated heterocycles. The van der Waals surface area contributed by atoms with Crippen LogP contribution in [0.4, 0.5) is 0 Å². The Hall–Kier alpha value is 0.387. The normalized spacial score (nSPS) is 12.0. The molecule has 20 heavy (non-hydrogen) atoms. The van der Waals surface area contributed by atoms with E-state index in [1.807, 2.05) is 0 Å². The minimum Gasteiger partial charge on any atom is -0.377 e. The van der Waals surface area contributed by atoms with E-state index in [2.05, 4.69) is 0 Å². The molecule has 0 amide bonds. The van der Waals surface area contributed by atoms with Crippen LogP contribution in [-0.2, 0) is 13.3 Å². The van der Waals surface area contributed by atoms with E-state index in [0.717, 1.165) is 18.3 Å². The molecule has 122 valence electrons. The molecule has 3 nitrogen and oxygen atoms in total. The summed E-state index contributed by atoms with van der Waals surface area (Å²) in [6.07, 6.45) is 12.9. The molecular weight excluding hydrogens is 292 g/mol. The van der Waals surface area contributed by atoms with Gasteiger partial charge >= 0.3 is 8.80 Å². The van der Waals surface area contributed by atoms with Crippen molar-refractivity contribution < 1.29 is 13.3 Å². The molecule has 0 aromatic heterocycles. The molecule has 0 saturated carbocycles. The van der Waals surface area contributed by atoms with Gasteiger partial charge in [-0.3, -0.25) is 0 Å². The van der Waals surface area contributed by atoms with Gasteiger partial charge in [0, 0.05) is 33.3 Å². The van der Waals surface area contributed by atoms with Crippen molar-refractivity contribution in [2.24, 2.45) is 0 Å². The maximum Gasteiger partial charge on any atom is 0.500 e. The molecule has 0 bridgehead atoms. The van der Waals surface area contributed by atoms with Gasteiger partial charge in [-0.25, -0.2) is 0 Å². The van der Waals surface area contributed by atoms with Crippen molar-refractivity contribution in [2.45, 2.75) is 70.3 Å². The van der Waals surface area contributed by atoms with Gasteiger partial charge in [-0.05, 0) is 12.8 Å². The van der Waals surface area contributed by atoms with Gasteiger partial charge in [0.2, 0.25) is 0 Å². The second-order valence-electron chi connectivity index (χ2n) is 5.27. The van der Waals surface area contributed by atoms with Gasteiger partial charge in [-0.15, -0.1) is 11.6 Å². The van der Waals surface area contributed by atoms with E-state index >= 15 is 0 Å². The van der Waals surface area contributed by atoms with E-state index in [9.17, 15) is 0 Å². The molecule has 0 atom stereocenters. The Morgan fingerprint density at radius 1 is 0.600 bits per heavy atom. The third-order valence-corrected chi connectivity index (χ3v) is 6.90. The first-order valence-corrected chi connectivity index (χ1v) is 10.4. The van der Waals surface area contributed by atoms with Gasteiger partial charge in [0.15, 0.2) is 0 Å². The maximum atomic E-state index is 5.65. The highest BCUT2D eigenvalue weighted by Crippen LogP contribution is 2.18. The van der Waals surface area contributed by atoms with Crippen molar-refractivity contribution in [2.75, 3.05) is 27.2 Å². The highest BCUT2D eigenvalue weighted by Gasteiger charge is 2.36. The zero-order chi connectivity index (χ0) is 15.1. The molecular formula is C15H33ClO3Si. The Morgan fingerprint density at radius 2 is 0.950 bits per heavy atom. The van der Waals surface area contributed by atoms with Crippen LogP contribution in [0.3, 0.4) is 0 Å². The van der Waals surface area contributed by atoms with Crippen LogP contribution in [0, 0.1) is 0 Å². The predicted molar refractivity (Wildman–Crippen MR) is 88.5 cm³/mol. The highest BCUT2D eigenvalue weighted by atomic mass is 35.5. The molecule has 5 heteroatoms. The summed E-state index contributed by atoms with van der Waals surface area (Å²) in [7, 11) is 2.73. The van der Waals surface area contributed by atoms with Crippen molar-refractivity contribution in [1.29, 1.82) is 0 Å². The maximum absolute atomic E-state index is 5.65. The molecule has 0 fully saturated rings. The van der Waals surface area contributed by atoms with Gasteiger partial charge in [0.1, 0.15) is 0 Å². The second-order valence-corrected chi connectivity index (χ2v) is 8.74. The lowest BCUT2D eigenvalue weighted by Crippen LogP contribution is -2.42. The van der Waals surface area contributed by atoms with Crippen molar-refractivity contribution in [1.82, 2.24) is 0 Å². The van der Waals surface area contributed by atoms with Gasteiger partial charge in [0.05, 0.1) is 0 Å². The summed E-state index contributed by atoms with van der Waals surface area (Å²) in [5.74, 6) is 0.815. The van der Waals surface area contributed by atoms with Crippen LogP contribution < -0.4 is 0 Å². The van der Waals surface area contributed by atoms with E-state index in [1.54, 1.807) is 21.3 Å². The molecule has 0 aliphatic rings. The van der Waals surface area contributed by atoms with Crippen LogP contribution >= 0.6 is 11.6 Å². The number of hydrogen-bond acceptors (Lipinski definition) is 3. The molecule has 0 rings (SSSR count). The molecule has 0 aromatic rings. The van der Waals surface area contributed by atoms with E-state index in [-0.39, 0.29) is 0 Å². The van der Waals surface area contributed by atoms with Gasteiger partial charge in [-0.1, -0.05) is 51.4 Å². The Kier molecular flexibility index (Phi) is 14.6. The Labute approximate surface area is 131 Å².